The Morgan fingerprint density at radius 1 is 1.26 bits per heavy atom. The summed E-state index contributed by atoms with van der Waals surface area (Å²) in [6.45, 7) is 0.635. The Hall–Kier alpha value is -2.10. The molecule has 1 aliphatic rings. The van der Waals surface area contributed by atoms with Crippen molar-refractivity contribution in [1.29, 1.82) is 0 Å². The zero-order valence-corrected chi connectivity index (χ0v) is 10.6. The van der Waals surface area contributed by atoms with Crippen LogP contribution in [0.3, 0.4) is 0 Å². The first-order valence-electron chi connectivity index (χ1n) is 6.54. The zero-order valence-electron chi connectivity index (χ0n) is 10.6. The van der Waals surface area contributed by atoms with E-state index in [4.69, 9.17) is 5.11 Å². The van der Waals surface area contributed by atoms with E-state index in [1.165, 1.54) is 12.8 Å². The van der Waals surface area contributed by atoms with Crippen molar-refractivity contribution in [3.63, 3.8) is 0 Å². The van der Waals surface area contributed by atoms with Crippen LogP contribution in [0.2, 0.25) is 0 Å². The van der Waals surface area contributed by atoms with Crippen LogP contribution in [0, 0.1) is 0 Å². The van der Waals surface area contributed by atoms with Gasteiger partial charge < -0.3 is 5.11 Å². The van der Waals surface area contributed by atoms with Crippen LogP contribution in [0.25, 0.3) is 0 Å². The minimum absolute atomic E-state index is 0.0624. The highest BCUT2D eigenvalue weighted by molar-refractivity contribution is 5.70. The van der Waals surface area contributed by atoms with Gasteiger partial charge in [0.15, 0.2) is 0 Å². The van der Waals surface area contributed by atoms with Gasteiger partial charge >= 0.3 is 5.97 Å². The highest BCUT2D eigenvalue weighted by Crippen LogP contribution is 2.38. The molecule has 0 saturated heterocycles. The van der Waals surface area contributed by atoms with E-state index in [0.717, 1.165) is 16.8 Å². The van der Waals surface area contributed by atoms with Crippen molar-refractivity contribution in [2.24, 2.45) is 0 Å². The van der Waals surface area contributed by atoms with Crippen molar-refractivity contribution in [1.82, 2.24) is 9.78 Å². The predicted molar refractivity (Wildman–Crippen MR) is 71.1 cm³/mol. The van der Waals surface area contributed by atoms with Gasteiger partial charge in [0.25, 0.3) is 0 Å². The molecule has 2 aromatic rings. The SMILES string of the molecule is O=C(O)Cc1ccccc1Cn1ccc(C2CC2)n1. The molecule has 19 heavy (non-hydrogen) atoms. The molecule has 1 aromatic heterocycles. The number of aliphatic carboxylic acids is 1. The van der Waals surface area contributed by atoms with E-state index in [0.29, 0.717) is 12.5 Å². The Bertz CT molecular complexity index is 600. The van der Waals surface area contributed by atoms with Gasteiger partial charge in [-0.1, -0.05) is 24.3 Å². The topological polar surface area (TPSA) is 55.1 Å². The summed E-state index contributed by atoms with van der Waals surface area (Å²) in [4.78, 5) is 10.9. The largest absolute Gasteiger partial charge is 0.481 e. The highest BCUT2D eigenvalue weighted by Gasteiger charge is 2.25. The number of carbonyl (C=O) groups is 1. The van der Waals surface area contributed by atoms with E-state index in [-0.39, 0.29) is 6.42 Å². The quantitative estimate of drug-likeness (QED) is 0.894. The monoisotopic (exact) mass is 256 g/mol. The average molecular weight is 256 g/mol. The Kier molecular flexibility index (Phi) is 3.07. The van der Waals surface area contributed by atoms with Crippen LogP contribution in [0.15, 0.2) is 36.5 Å². The third-order valence-electron chi connectivity index (χ3n) is 3.45. The maximum Gasteiger partial charge on any atom is 0.307 e. The highest BCUT2D eigenvalue weighted by atomic mass is 16.4. The van der Waals surface area contributed by atoms with Crippen molar-refractivity contribution in [3.05, 3.63) is 53.3 Å². The summed E-state index contributed by atoms with van der Waals surface area (Å²) < 4.78 is 1.90. The summed E-state index contributed by atoms with van der Waals surface area (Å²) in [6, 6.07) is 9.72. The molecule has 3 rings (SSSR count). The molecule has 0 aliphatic heterocycles. The van der Waals surface area contributed by atoms with Gasteiger partial charge in [0, 0.05) is 12.1 Å². The number of aromatic nitrogens is 2. The predicted octanol–water partition coefficient (Wildman–Crippen LogP) is 2.44. The number of carboxylic acids is 1. The number of hydrogen-bond donors (Lipinski definition) is 1. The van der Waals surface area contributed by atoms with E-state index in [1.54, 1.807) is 0 Å². The maximum absolute atomic E-state index is 10.9. The van der Waals surface area contributed by atoms with Crippen LogP contribution < -0.4 is 0 Å². The second-order valence-corrected chi connectivity index (χ2v) is 5.05. The molecule has 1 aromatic carbocycles. The van der Waals surface area contributed by atoms with Gasteiger partial charge in [-0.25, -0.2) is 0 Å². The summed E-state index contributed by atoms with van der Waals surface area (Å²) in [5.74, 6) is -0.151. The number of carboxylic acid groups (broad SMARTS) is 1. The fourth-order valence-corrected chi connectivity index (χ4v) is 2.28. The molecule has 1 fully saturated rings. The van der Waals surface area contributed by atoms with Crippen molar-refractivity contribution in [3.8, 4) is 0 Å². The fraction of sp³-hybridized carbons (Fsp3) is 0.333. The van der Waals surface area contributed by atoms with E-state index in [9.17, 15) is 4.79 Å². The standard InChI is InChI=1S/C15H16N2O2/c18-15(19)9-12-3-1-2-4-13(12)10-17-8-7-14(16-17)11-5-6-11/h1-4,7-8,11H,5-6,9-10H2,(H,18,19). The summed E-state index contributed by atoms with van der Waals surface area (Å²) >= 11 is 0. The summed E-state index contributed by atoms with van der Waals surface area (Å²) in [5.41, 5.74) is 3.05. The molecule has 1 saturated carbocycles. The maximum atomic E-state index is 10.9. The van der Waals surface area contributed by atoms with E-state index in [2.05, 4.69) is 11.2 Å². The van der Waals surface area contributed by atoms with Crippen molar-refractivity contribution in [2.75, 3.05) is 0 Å². The molecule has 4 heteroatoms. The second-order valence-electron chi connectivity index (χ2n) is 5.05. The van der Waals surface area contributed by atoms with Gasteiger partial charge in [0.2, 0.25) is 0 Å². The van der Waals surface area contributed by atoms with Crippen LogP contribution in [0.5, 0.6) is 0 Å². The van der Waals surface area contributed by atoms with Crippen LogP contribution in [0.1, 0.15) is 35.6 Å². The molecule has 1 N–H and O–H groups in total. The minimum Gasteiger partial charge on any atom is -0.481 e. The Morgan fingerprint density at radius 2 is 2.00 bits per heavy atom. The number of rotatable bonds is 5. The lowest BCUT2D eigenvalue weighted by Crippen LogP contribution is -2.07. The van der Waals surface area contributed by atoms with Gasteiger partial charge in [-0.3, -0.25) is 9.48 Å². The van der Waals surface area contributed by atoms with E-state index < -0.39 is 5.97 Å². The smallest absolute Gasteiger partial charge is 0.307 e. The molecule has 1 aliphatic carbocycles. The molecule has 0 spiro atoms. The van der Waals surface area contributed by atoms with E-state index >= 15 is 0 Å². The Balaban J connectivity index is 1.79. The van der Waals surface area contributed by atoms with Gasteiger partial charge in [-0.15, -0.1) is 0 Å². The first kappa shape index (κ1) is 12.0. The van der Waals surface area contributed by atoms with Crippen molar-refractivity contribution < 1.29 is 9.90 Å². The third-order valence-corrected chi connectivity index (χ3v) is 3.45. The number of hydrogen-bond acceptors (Lipinski definition) is 2. The molecule has 1 heterocycles. The molecule has 0 radical (unpaired) electrons. The summed E-state index contributed by atoms with van der Waals surface area (Å²) in [6.07, 6.45) is 4.53. The molecule has 98 valence electrons. The van der Waals surface area contributed by atoms with Gasteiger partial charge in [-0.05, 0) is 30.0 Å². The molecule has 4 nitrogen and oxygen atoms in total. The third kappa shape index (κ3) is 2.84. The van der Waals surface area contributed by atoms with Crippen LogP contribution in [-0.4, -0.2) is 20.9 Å². The Labute approximate surface area is 111 Å². The summed E-state index contributed by atoms with van der Waals surface area (Å²) in [7, 11) is 0. The van der Waals surface area contributed by atoms with Crippen LogP contribution in [-0.2, 0) is 17.8 Å². The van der Waals surface area contributed by atoms with Crippen molar-refractivity contribution in [2.45, 2.75) is 31.7 Å². The van der Waals surface area contributed by atoms with E-state index in [1.807, 2.05) is 35.1 Å². The summed E-state index contributed by atoms with van der Waals surface area (Å²) in [5, 5.41) is 13.5. The number of nitrogens with zero attached hydrogens (tertiary/aromatic N) is 2. The average Bonchev–Trinajstić information content (AvgIpc) is 3.12. The van der Waals surface area contributed by atoms with Crippen LogP contribution >= 0.6 is 0 Å². The van der Waals surface area contributed by atoms with Crippen LogP contribution in [0.4, 0.5) is 0 Å². The lowest BCUT2D eigenvalue weighted by Gasteiger charge is -2.07. The molecular formula is C15H16N2O2. The Morgan fingerprint density at radius 3 is 2.68 bits per heavy atom. The molecular weight excluding hydrogens is 240 g/mol. The normalized spacial score (nSPS) is 14.5. The molecule has 0 unspecified atom stereocenters. The minimum atomic E-state index is -0.799. The molecule has 0 bridgehead atoms. The zero-order chi connectivity index (χ0) is 13.2. The number of benzene rings is 1. The second kappa shape index (κ2) is 4.88. The molecule has 0 amide bonds. The van der Waals surface area contributed by atoms with Gasteiger partial charge in [0.05, 0.1) is 18.7 Å². The van der Waals surface area contributed by atoms with Gasteiger partial charge in [-0.2, -0.15) is 5.10 Å². The lowest BCUT2D eigenvalue weighted by atomic mass is 10.0. The first-order valence-corrected chi connectivity index (χ1v) is 6.54. The fourth-order valence-electron chi connectivity index (χ4n) is 2.28. The molecule has 0 atom stereocenters. The first-order chi connectivity index (χ1) is 9.22. The van der Waals surface area contributed by atoms with Gasteiger partial charge in [0.1, 0.15) is 0 Å². The van der Waals surface area contributed by atoms with Crippen molar-refractivity contribution >= 4 is 5.97 Å². The lowest BCUT2D eigenvalue weighted by molar-refractivity contribution is -0.136.